The fourth-order valence-electron chi connectivity index (χ4n) is 1.72. The number of carbonyl (C=O) groups excluding carboxylic acids is 1. The Kier molecular flexibility index (Phi) is 4.57. The van der Waals surface area contributed by atoms with Gasteiger partial charge in [-0.15, -0.1) is 0 Å². The molecule has 1 unspecified atom stereocenters. The lowest BCUT2D eigenvalue weighted by Gasteiger charge is -2.15. The molecule has 1 atom stereocenters. The Balaban J connectivity index is 2.17. The highest BCUT2D eigenvalue weighted by Gasteiger charge is 2.16. The molecule has 2 rings (SSSR count). The van der Waals surface area contributed by atoms with E-state index in [1.807, 2.05) is 6.07 Å². The first-order valence-corrected chi connectivity index (χ1v) is 6.60. The molecule has 0 spiro atoms. The molecule has 1 amide bonds. The topological polar surface area (TPSA) is 42.0 Å². The summed E-state index contributed by atoms with van der Waals surface area (Å²) in [6.07, 6.45) is 0.958. The quantitative estimate of drug-likeness (QED) is 0.870. The van der Waals surface area contributed by atoms with E-state index in [4.69, 9.17) is 23.2 Å². The number of aromatic nitrogens is 1. The lowest BCUT2D eigenvalue weighted by Crippen LogP contribution is -2.27. The lowest BCUT2D eigenvalue weighted by atomic mass is 10.1. The molecule has 20 heavy (non-hydrogen) atoms. The summed E-state index contributed by atoms with van der Waals surface area (Å²) in [6.45, 7) is 1.80. The van der Waals surface area contributed by atoms with Gasteiger partial charge in [-0.2, -0.15) is 0 Å². The zero-order valence-electron chi connectivity index (χ0n) is 10.5. The second kappa shape index (κ2) is 6.20. The van der Waals surface area contributed by atoms with E-state index in [0.29, 0.717) is 5.02 Å². The van der Waals surface area contributed by atoms with E-state index in [9.17, 15) is 9.18 Å². The van der Waals surface area contributed by atoms with E-state index in [1.165, 1.54) is 0 Å². The van der Waals surface area contributed by atoms with Gasteiger partial charge < -0.3 is 5.32 Å². The Morgan fingerprint density at radius 3 is 2.80 bits per heavy atom. The van der Waals surface area contributed by atoms with Crippen LogP contribution >= 0.6 is 23.2 Å². The largest absolute Gasteiger partial charge is 0.345 e. The Morgan fingerprint density at radius 1 is 1.35 bits per heavy atom. The molecule has 0 saturated carbocycles. The molecule has 1 N–H and O–H groups in total. The van der Waals surface area contributed by atoms with Crippen LogP contribution in [0.4, 0.5) is 4.39 Å². The molecule has 0 aliphatic heterocycles. The Labute approximate surface area is 125 Å². The van der Waals surface area contributed by atoms with Crippen molar-refractivity contribution < 1.29 is 9.18 Å². The normalized spacial score (nSPS) is 12.0. The van der Waals surface area contributed by atoms with Crippen LogP contribution in [0.5, 0.6) is 0 Å². The van der Waals surface area contributed by atoms with Crippen molar-refractivity contribution in [1.29, 1.82) is 0 Å². The van der Waals surface area contributed by atoms with Crippen LogP contribution in [0, 0.1) is 5.82 Å². The van der Waals surface area contributed by atoms with E-state index >= 15 is 0 Å². The molecular formula is C14H11Cl2FN2O. The molecule has 0 aliphatic rings. The van der Waals surface area contributed by atoms with Gasteiger partial charge in [0.1, 0.15) is 11.0 Å². The van der Waals surface area contributed by atoms with Crippen molar-refractivity contribution in [2.45, 2.75) is 13.0 Å². The second-order valence-corrected chi connectivity index (χ2v) is 5.04. The summed E-state index contributed by atoms with van der Waals surface area (Å²) in [5.41, 5.74) is 0.840. The van der Waals surface area contributed by atoms with Gasteiger partial charge in [0.25, 0.3) is 5.91 Å². The van der Waals surface area contributed by atoms with Gasteiger partial charge in [-0.25, -0.2) is 9.37 Å². The highest BCUT2D eigenvalue weighted by atomic mass is 35.5. The summed E-state index contributed by atoms with van der Waals surface area (Å²) >= 11 is 11.7. The van der Waals surface area contributed by atoms with Gasteiger partial charge >= 0.3 is 0 Å². The third-order valence-corrected chi connectivity index (χ3v) is 3.28. The monoisotopic (exact) mass is 312 g/mol. The van der Waals surface area contributed by atoms with Gasteiger partial charge in [0.15, 0.2) is 0 Å². The number of hydrogen-bond donors (Lipinski definition) is 1. The smallest absolute Gasteiger partial charge is 0.254 e. The average molecular weight is 313 g/mol. The number of rotatable bonds is 3. The van der Waals surface area contributed by atoms with Crippen molar-refractivity contribution in [3.8, 4) is 0 Å². The average Bonchev–Trinajstić information content (AvgIpc) is 2.41. The maximum absolute atomic E-state index is 13.1. The number of halogens is 3. The van der Waals surface area contributed by atoms with Gasteiger partial charge in [0.05, 0.1) is 17.8 Å². The summed E-state index contributed by atoms with van der Waals surface area (Å²) in [7, 11) is 0. The van der Waals surface area contributed by atoms with E-state index in [1.54, 1.807) is 25.1 Å². The Morgan fingerprint density at radius 2 is 2.10 bits per heavy atom. The molecule has 0 bridgehead atoms. The molecule has 0 saturated heterocycles. The number of amides is 1. The van der Waals surface area contributed by atoms with Gasteiger partial charge in [-0.05, 0) is 30.7 Å². The highest BCUT2D eigenvalue weighted by Crippen LogP contribution is 2.19. The van der Waals surface area contributed by atoms with E-state index in [0.717, 1.165) is 17.8 Å². The number of benzene rings is 1. The predicted octanol–water partition coefficient (Wildman–Crippen LogP) is 4.02. The molecule has 3 nitrogen and oxygen atoms in total. The molecule has 6 heteroatoms. The minimum atomic E-state index is -0.616. The summed E-state index contributed by atoms with van der Waals surface area (Å²) in [5, 5.41) is 3.26. The molecule has 0 radical (unpaired) electrons. The third-order valence-electron chi connectivity index (χ3n) is 2.75. The van der Waals surface area contributed by atoms with Crippen LogP contribution in [0.25, 0.3) is 0 Å². The fourth-order valence-corrected chi connectivity index (χ4v) is 2.10. The molecular weight excluding hydrogens is 302 g/mol. The van der Waals surface area contributed by atoms with Crippen molar-refractivity contribution in [1.82, 2.24) is 10.3 Å². The van der Waals surface area contributed by atoms with Crippen LogP contribution in [0.15, 0.2) is 36.5 Å². The minimum Gasteiger partial charge on any atom is -0.345 e. The van der Waals surface area contributed by atoms with Gasteiger partial charge in [0.2, 0.25) is 0 Å². The fraction of sp³-hybridized carbons (Fsp3) is 0.143. The Hall–Kier alpha value is -1.65. The first kappa shape index (κ1) is 14.8. The van der Waals surface area contributed by atoms with Crippen LogP contribution in [0.3, 0.4) is 0 Å². The van der Waals surface area contributed by atoms with Crippen molar-refractivity contribution in [2.24, 2.45) is 0 Å². The number of carbonyl (C=O) groups is 1. The Bertz CT molecular complexity index is 649. The lowest BCUT2D eigenvalue weighted by molar-refractivity contribution is 0.0939. The number of pyridine rings is 1. The highest BCUT2D eigenvalue weighted by molar-refractivity contribution is 6.32. The van der Waals surface area contributed by atoms with E-state index in [2.05, 4.69) is 10.3 Å². The predicted molar refractivity (Wildman–Crippen MR) is 76.5 cm³/mol. The van der Waals surface area contributed by atoms with Crippen molar-refractivity contribution >= 4 is 29.1 Å². The minimum absolute atomic E-state index is 0.000504. The van der Waals surface area contributed by atoms with Crippen LogP contribution in [-0.2, 0) is 0 Å². The first-order chi connectivity index (χ1) is 9.47. The van der Waals surface area contributed by atoms with Crippen LogP contribution < -0.4 is 5.32 Å². The number of nitrogens with zero attached hydrogens (tertiary/aromatic N) is 1. The van der Waals surface area contributed by atoms with Crippen LogP contribution in [0.1, 0.15) is 28.9 Å². The zero-order chi connectivity index (χ0) is 14.7. The van der Waals surface area contributed by atoms with Crippen molar-refractivity contribution in [2.75, 3.05) is 0 Å². The van der Waals surface area contributed by atoms with Crippen molar-refractivity contribution in [3.05, 3.63) is 63.6 Å². The standard InChI is InChI=1S/C14H11Cl2FN2O/c1-8(9-3-2-4-10(15)5-9)19-14(20)12-6-11(17)7-18-13(12)16/h2-8H,1H3,(H,19,20). The molecule has 0 fully saturated rings. The summed E-state index contributed by atoms with van der Waals surface area (Å²) in [4.78, 5) is 15.7. The molecule has 104 valence electrons. The summed E-state index contributed by atoms with van der Waals surface area (Å²) in [5.74, 6) is -1.11. The second-order valence-electron chi connectivity index (χ2n) is 4.24. The van der Waals surface area contributed by atoms with E-state index in [-0.39, 0.29) is 16.8 Å². The SMILES string of the molecule is CC(NC(=O)c1cc(F)cnc1Cl)c1cccc(Cl)c1. The van der Waals surface area contributed by atoms with Crippen LogP contribution in [-0.4, -0.2) is 10.9 Å². The summed E-state index contributed by atoms with van der Waals surface area (Å²) < 4.78 is 13.1. The van der Waals surface area contributed by atoms with Crippen LogP contribution in [0.2, 0.25) is 10.2 Å². The third kappa shape index (κ3) is 3.46. The molecule has 2 aromatic rings. The maximum atomic E-state index is 13.1. The van der Waals surface area contributed by atoms with Gasteiger partial charge in [0, 0.05) is 5.02 Å². The first-order valence-electron chi connectivity index (χ1n) is 5.84. The van der Waals surface area contributed by atoms with E-state index < -0.39 is 11.7 Å². The zero-order valence-corrected chi connectivity index (χ0v) is 12.0. The maximum Gasteiger partial charge on any atom is 0.254 e. The number of hydrogen-bond acceptors (Lipinski definition) is 2. The number of nitrogens with one attached hydrogen (secondary N) is 1. The molecule has 1 heterocycles. The summed E-state index contributed by atoms with van der Waals surface area (Å²) in [6, 6.07) is 7.88. The van der Waals surface area contributed by atoms with Gasteiger partial charge in [-0.3, -0.25) is 4.79 Å². The van der Waals surface area contributed by atoms with Crippen molar-refractivity contribution in [3.63, 3.8) is 0 Å². The molecule has 0 aliphatic carbocycles. The molecule has 1 aromatic carbocycles. The molecule has 1 aromatic heterocycles. The van der Waals surface area contributed by atoms with Gasteiger partial charge in [-0.1, -0.05) is 35.3 Å².